The van der Waals surface area contributed by atoms with Crippen molar-refractivity contribution in [3.63, 3.8) is 0 Å². The second-order valence-corrected chi connectivity index (χ2v) is 7.71. The van der Waals surface area contributed by atoms with Crippen LogP contribution in [0.5, 0.6) is 11.5 Å². The molecule has 0 aliphatic heterocycles. The Labute approximate surface area is 195 Å². The quantitative estimate of drug-likeness (QED) is 0.357. The summed E-state index contributed by atoms with van der Waals surface area (Å²) in [5, 5.41) is 5.96. The number of anilines is 1. The summed E-state index contributed by atoms with van der Waals surface area (Å²) < 4.78 is 5.83. The fraction of sp³-hybridized carbons (Fsp3) is 0.0800. The lowest BCUT2D eigenvalue weighted by atomic mass is 10.1. The summed E-state index contributed by atoms with van der Waals surface area (Å²) >= 11 is 6.13. The van der Waals surface area contributed by atoms with Gasteiger partial charge in [0.15, 0.2) is 0 Å². The molecule has 0 spiro atoms. The lowest BCUT2D eigenvalue weighted by Gasteiger charge is -2.07. The second kappa shape index (κ2) is 9.58. The Morgan fingerprint density at radius 3 is 2.45 bits per heavy atom. The topological polar surface area (TPSA) is 96.1 Å². The van der Waals surface area contributed by atoms with E-state index in [0.29, 0.717) is 27.9 Å². The molecule has 0 saturated carbocycles. The summed E-state index contributed by atoms with van der Waals surface area (Å²) in [6, 6.07) is 17.8. The largest absolute Gasteiger partial charge is 0.457 e. The molecular weight excluding hydrogens is 440 g/mol. The smallest absolute Gasteiger partial charge is 0.272 e. The van der Waals surface area contributed by atoms with Gasteiger partial charge in [0.2, 0.25) is 0 Å². The molecular formula is C25H21ClN4O3. The van der Waals surface area contributed by atoms with Crippen LogP contribution in [0.3, 0.4) is 0 Å². The summed E-state index contributed by atoms with van der Waals surface area (Å²) in [5.74, 6) is 0.574. The van der Waals surface area contributed by atoms with Gasteiger partial charge in [0.1, 0.15) is 22.9 Å². The standard InChI is InChI=1S/C25H21ClN4O3/c1-15-3-6-18(12-21(15)26)30-25(32)22-11-17(14-29-22)16-4-7-19(8-5-16)33-20-9-10-28-23(13-20)24(31)27-2/h3-14,29H,1-2H3,(H,27,31)(H,30,32). The van der Waals surface area contributed by atoms with Crippen LogP contribution in [0.2, 0.25) is 5.02 Å². The maximum absolute atomic E-state index is 12.6. The number of H-pyrrole nitrogens is 1. The van der Waals surface area contributed by atoms with E-state index in [1.54, 1.807) is 37.5 Å². The fourth-order valence-corrected chi connectivity index (χ4v) is 3.32. The van der Waals surface area contributed by atoms with Crippen LogP contribution in [0.25, 0.3) is 11.1 Å². The highest BCUT2D eigenvalue weighted by Crippen LogP contribution is 2.27. The molecule has 0 aliphatic rings. The average Bonchev–Trinajstić information content (AvgIpc) is 3.32. The van der Waals surface area contributed by atoms with Crippen molar-refractivity contribution in [2.75, 3.05) is 12.4 Å². The van der Waals surface area contributed by atoms with Crippen molar-refractivity contribution in [1.29, 1.82) is 0 Å². The molecule has 0 bridgehead atoms. The van der Waals surface area contributed by atoms with Gasteiger partial charge < -0.3 is 20.4 Å². The third-order valence-corrected chi connectivity index (χ3v) is 5.38. The van der Waals surface area contributed by atoms with Crippen LogP contribution in [0.1, 0.15) is 26.5 Å². The molecule has 0 fully saturated rings. The second-order valence-electron chi connectivity index (χ2n) is 7.30. The Bertz CT molecular complexity index is 1320. The molecule has 0 aliphatic carbocycles. The van der Waals surface area contributed by atoms with E-state index in [4.69, 9.17) is 16.3 Å². The first-order chi connectivity index (χ1) is 15.9. The van der Waals surface area contributed by atoms with E-state index in [2.05, 4.69) is 20.6 Å². The molecule has 0 atom stereocenters. The number of benzene rings is 2. The summed E-state index contributed by atoms with van der Waals surface area (Å²) in [6.07, 6.45) is 3.29. The predicted octanol–water partition coefficient (Wildman–Crippen LogP) is 5.44. The number of hydrogen-bond acceptors (Lipinski definition) is 4. The van der Waals surface area contributed by atoms with Crippen LogP contribution in [0, 0.1) is 6.92 Å². The number of nitrogens with one attached hydrogen (secondary N) is 3. The zero-order valence-electron chi connectivity index (χ0n) is 18.0. The number of amides is 2. The van der Waals surface area contributed by atoms with Crippen molar-refractivity contribution in [1.82, 2.24) is 15.3 Å². The van der Waals surface area contributed by atoms with Crippen LogP contribution < -0.4 is 15.4 Å². The molecule has 2 amide bonds. The minimum absolute atomic E-state index is 0.259. The number of ether oxygens (including phenoxy) is 1. The van der Waals surface area contributed by atoms with E-state index in [1.165, 1.54) is 6.20 Å². The van der Waals surface area contributed by atoms with Crippen LogP contribution >= 0.6 is 11.6 Å². The van der Waals surface area contributed by atoms with Gasteiger partial charge in [0.25, 0.3) is 11.8 Å². The van der Waals surface area contributed by atoms with E-state index < -0.39 is 0 Å². The Morgan fingerprint density at radius 2 is 1.73 bits per heavy atom. The van der Waals surface area contributed by atoms with E-state index in [0.717, 1.165) is 16.7 Å². The van der Waals surface area contributed by atoms with Gasteiger partial charge in [-0.05, 0) is 60.0 Å². The number of aromatic amines is 1. The number of hydrogen-bond donors (Lipinski definition) is 3. The number of pyridine rings is 1. The van der Waals surface area contributed by atoms with Gasteiger partial charge in [-0.15, -0.1) is 0 Å². The SMILES string of the molecule is CNC(=O)c1cc(Oc2ccc(-c3c[nH]c(C(=O)Nc4ccc(C)c(Cl)c4)c3)cc2)ccn1. The first-order valence-corrected chi connectivity index (χ1v) is 10.5. The van der Waals surface area contributed by atoms with Gasteiger partial charge in [-0.2, -0.15) is 0 Å². The number of carbonyl (C=O) groups excluding carboxylic acids is 2. The molecule has 8 heteroatoms. The Kier molecular flexibility index (Phi) is 6.42. The van der Waals surface area contributed by atoms with Crippen LogP contribution in [0.4, 0.5) is 5.69 Å². The molecule has 2 aromatic carbocycles. The summed E-state index contributed by atoms with van der Waals surface area (Å²) in [7, 11) is 1.55. The summed E-state index contributed by atoms with van der Waals surface area (Å²) in [4.78, 5) is 31.3. The molecule has 2 aromatic heterocycles. The third-order valence-electron chi connectivity index (χ3n) is 4.97. The lowest BCUT2D eigenvalue weighted by molar-refractivity contribution is 0.0957. The highest BCUT2D eigenvalue weighted by atomic mass is 35.5. The molecule has 166 valence electrons. The van der Waals surface area contributed by atoms with Crippen molar-refractivity contribution in [3.8, 4) is 22.6 Å². The van der Waals surface area contributed by atoms with E-state index in [9.17, 15) is 9.59 Å². The highest BCUT2D eigenvalue weighted by Gasteiger charge is 2.11. The zero-order valence-corrected chi connectivity index (χ0v) is 18.7. The van der Waals surface area contributed by atoms with Gasteiger partial charge in [0.05, 0.1) is 0 Å². The van der Waals surface area contributed by atoms with Crippen molar-refractivity contribution in [2.24, 2.45) is 0 Å². The van der Waals surface area contributed by atoms with Gasteiger partial charge >= 0.3 is 0 Å². The number of nitrogens with zero attached hydrogens (tertiary/aromatic N) is 1. The molecule has 4 aromatic rings. The number of aryl methyl sites for hydroxylation is 1. The van der Waals surface area contributed by atoms with Gasteiger partial charge in [0, 0.05) is 36.2 Å². The number of carbonyl (C=O) groups is 2. The molecule has 2 heterocycles. The van der Waals surface area contributed by atoms with Gasteiger partial charge in [-0.25, -0.2) is 0 Å². The molecule has 3 N–H and O–H groups in total. The molecule has 0 radical (unpaired) electrons. The Morgan fingerprint density at radius 1 is 0.939 bits per heavy atom. The van der Waals surface area contributed by atoms with E-state index in [1.807, 2.05) is 43.3 Å². The zero-order chi connectivity index (χ0) is 23.4. The number of aromatic nitrogens is 2. The predicted molar refractivity (Wildman–Crippen MR) is 128 cm³/mol. The van der Waals surface area contributed by atoms with Crippen LogP contribution in [0.15, 0.2) is 73.1 Å². The average molecular weight is 461 g/mol. The maximum atomic E-state index is 12.6. The normalized spacial score (nSPS) is 10.5. The van der Waals surface area contributed by atoms with Gasteiger partial charge in [-0.1, -0.05) is 29.8 Å². The maximum Gasteiger partial charge on any atom is 0.272 e. The molecule has 0 saturated heterocycles. The Balaban J connectivity index is 1.44. The molecule has 4 rings (SSSR count). The van der Waals surface area contributed by atoms with Crippen molar-refractivity contribution in [3.05, 3.63) is 95.0 Å². The summed E-state index contributed by atoms with van der Waals surface area (Å²) in [6.45, 7) is 1.90. The van der Waals surface area contributed by atoms with E-state index >= 15 is 0 Å². The van der Waals surface area contributed by atoms with E-state index in [-0.39, 0.29) is 17.5 Å². The highest BCUT2D eigenvalue weighted by molar-refractivity contribution is 6.31. The minimum atomic E-state index is -0.284. The summed E-state index contributed by atoms with van der Waals surface area (Å²) in [5.41, 5.74) is 4.05. The van der Waals surface area contributed by atoms with Crippen molar-refractivity contribution < 1.29 is 14.3 Å². The third kappa shape index (κ3) is 5.22. The monoisotopic (exact) mass is 460 g/mol. The molecule has 7 nitrogen and oxygen atoms in total. The van der Waals surface area contributed by atoms with Crippen LogP contribution in [-0.2, 0) is 0 Å². The molecule has 33 heavy (non-hydrogen) atoms. The Hall–Kier alpha value is -4.10. The van der Waals surface area contributed by atoms with Crippen molar-refractivity contribution >= 4 is 29.1 Å². The number of rotatable bonds is 6. The van der Waals surface area contributed by atoms with Crippen LogP contribution in [-0.4, -0.2) is 28.8 Å². The first kappa shape index (κ1) is 22.1. The lowest BCUT2D eigenvalue weighted by Crippen LogP contribution is -2.18. The van der Waals surface area contributed by atoms with Gasteiger partial charge in [-0.3, -0.25) is 14.6 Å². The molecule has 0 unspecified atom stereocenters. The number of halogens is 1. The van der Waals surface area contributed by atoms with Crippen molar-refractivity contribution in [2.45, 2.75) is 6.92 Å². The minimum Gasteiger partial charge on any atom is -0.457 e. The fourth-order valence-electron chi connectivity index (χ4n) is 3.14. The first-order valence-electron chi connectivity index (χ1n) is 10.2.